The van der Waals surface area contributed by atoms with Gasteiger partial charge in [-0.25, -0.2) is 0 Å². The van der Waals surface area contributed by atoms with Crippen molar-refractivity contribution in [3.05, 3.63) is 80.5 Å². The van der Waals surface area contributed by atoms with Crippen molar-refractivity contribution in [2.75, 3.05) is 13.2 Å². The van der Waals surface area contributed by atoms with Crippen molar-refractivity contribution in [1.29, 1.82) is 10.5 Å². The fraction of sp³-hybridized carbons (Fsp3) is 0.267. The predicted octanol–water partition coefficient (Wildman–Crippen LogP) is 6.65. The summed E-state index contributed by atoms with van der Waals surface area (Å²) in [6.07, 6.45) is 4.20. The summed E-state index contributed by atoms with van der Waals surface area (Å²) in [6.45, 7) is 5.64. The Kier molecular flexibility index (Phi) is 9.84. The van der Waals surface area contributed by atoms with E-state index >= 15 is 0 Å². The van der Waals surface area contributed by atoms with Crippen LogP contribution >= 0.6 is 11.3 Å². The smallest absolute Gasteiger partial charge is 0.119 e. The number of thiophene rings is 1. The predicted molar refractivity (Wildman–Crippen MR) is 139 cm³/mol. The normalized spacial score (nSPS) is 9.60. The molecule has 0 bridgehead atoms. The zero-order valence-electron chi connectivity index (χ0n) is 20.0. The van der Waals surface area contributed by atoms with Crippen molar-refractivity contribution in [3.63, 3.8) is 0 Å². The van der Waals surface area contributed by atoms with Crippen molar-refractivity contribution in [2.24, 2.45) is 0 Å². The molecule has 0 aliphatic carbocycles. The van der Waals surface area contributed by atoms with Crippen LogP contribution in [0.2, 0.25) is 0 Å². The quantitative estimate of drug-likeness (QED) is 0.269. The Morgan fingerprint density at radius 3 is 1.37 bits per heavy atom. The van der Waals surface area contributed by atoms with E-state index in [1.165, 1.54) is 11.3 Å². The minimum atomic E-state index is 0.272. The van der Waals surface area contributed by atoms with E-state index in [1.807, 2.05) is 48.5 Å². The molecule has 0 amide bonds. The van der Waals surface area contributed by atoms with Crippen LogP contribution in [0.15, 0.2) is 48.5 Å². The molecule has 0 N–H and O–H groups in total. The number of ether oxygens (including phenoxy) is 2. The van der Waals surface area contributed by atoms with E-state index in [4.69, 9.17) is 9.47 Å². The second kappa shape index (κ2) is 13.5. The van der Waals surface area contributed by atoms with Crippen LogP contribution in [0.3, 0.4) is 0 Å². The molecule has 0 spiro atoms. The average Bonchev–Trinajstić information content (AvgIpc) is 3.24. The van der Waals surface area contributed by atoms with Gasteiger partial charge in [0.1, 0.15) is 23.6 Å². The lowest BCUT2D eigenvalue weighted by Gasteiger charge is -2.04. The Labute approximate surface area is 211 Å². The van der Waals surface area contributed by atoms with Crippen LogP contribution in [0, 0.1) is 46.3 Å². The summed E-state index contributed by atoms with van der Waals surface area (Å²) in [6, 6.07) is 19.3. The Hall–Kier alpha value is -4.16. The average molecular weight is 479 g/mol. The van der Waals surface area contributed by atoms with Gasteiger partial charge in [-0.3, -0.25) is 0 Å². The highest BCUT2D eigenvalue weighted by Gasteiger charge is 2.15. The summed E-state index contributed by atoms with van der Waals surface area (Å²) >= 11 is 1.27. The fourth-order valence-corrected chi connectivity index (χ4v) is 3.92. The third kappa shape index (κ3) is 7.42. The summed E-state index contributed by atoms with van der Waals surface area (Å²) < 4.78 is 11.4. The Bertz CT molecular complexity index is 1230. The topological polar surface area (TPSA) is 66.0 Å². The highest BCUT2D eigenvalue weighted by atomic mass is 32.1. The largest absolute Gasteiger partial charge is 0.494 e. The van der Waals surface area contributed by atoms with Gasteiger partial charge in [-0.1, -0.05) is 38.5 Å². The van der Waals surface area contributed by atoms with Crippen LogP contribution in [-0.2, 0) is 0 Å². The molecule has 0 aliphatic heterocycles. The van der Waals surface area contributed by atoms with Gasteiger partial charge in [-0.15, -0.1) is 11.3 Å². The molecule has 0 saturated heterocycles. The van der Waals surface area contributed by atoms with Crippen LogP contribution in [0.5, 0.6) is 11.5 Å². The third-order valence-corrected chi connectivity index (χ3v) is 6.04. The van der Waals surface area contributed by atoms with Gasteiger partial charge < -0.3 is 9.47 Å². The van der Waals surface area contributed by atoms with E-state index in [-0.39, 0.29) is 11.1 Å². The second-order valence-electron chi connectivity index (χ2n) is 7.69. The zero-order valence-corrected chi connectivity index (χ0v) is 20.8. The second-order valence-corrected chi connectivity index (χ2v) is 8.71. The molecule has 0 atom stereocenters. The van der Waals surface area contributed by atoms with Gasteiger partial charge in [-0.2, -0.15) is 10.5 Å². The van der Waals surface area contributed by atoms with Crippen molar-refractivity contribution >= 4 is 11.3 Å². The van der Waals surface area contributed by atoms with Crippen LogP contribution < -0.4 is 9.47 Å². The van der Waals surface area contributed by atoms with E-state index in [2.05, 4.69) is 49.7 Å². The van der Waals surface area contributed by atoms with E-state index < -0.39 is 0 Å². The number of benzene rings is 2. The van der Waals surface area contributed by atoms with Crippen LogP contribution in [0.25, 0.3) is 0 Å². The summed E-state index contributed by atoms with van der Waals surface area (Å²) in [5.74, 6) is 13.9. The van der Waals surface area contributed by atoms with Crippen LogP contribution in [0.4, 0.5) is 0 Å². The number of nitriles is 2. The number of hydrogen-bond donors (Lipinski definition) is 0. The molecule has 0 radical (unpaired) electrons. The van der Waals surface area contributed by atoms with Gasteiger partial charge in [0.25, 0.3) is 0 Å². The lowest BCUT2D eigenvalue weighted by Crippen LogP contribution is -1.95. The maximum atomic E-state index is 9.64. The van der Waals surface area contributed by atoms with Gasteiger partial charge in [-0.05, 0) is 73.2 Å². The molecule has 3 aromatic rings. The molecule has 35 heavy (non-hydrogen) atoms. The first-order valence-corrected chi connectivity index (χ1v) is 12.5. The first-order chi connectivity index (χ1) is 17.2. The molecule has 0 fully saturated rings. The molecular weight excluding hydrogens is 452 g/mol. The first kappa shape index (κ1) is 25.5. The van der Waals surface area contributed by atoms with Crippen molar-refractivity contribution in [1.82, 2.24) is 0 Å². The number of nitrogens with zero attached hydrogens (tertiary/aromatic N) is 2. The van der Waals surface area contributed by atoms with Crippen molar-refractivity contribution in [2.45, 2.75) is 39.5 Å². The highest BCUT2D eigenvalue weighted by Crippen LogP contribution is 2.27. The Balaban J connectivity index is 1.78. The molecule has 174 valence electrons. The maximum absolute atomic E-state index is 9.64. The Morgan fingerprint density at radius 2 is 1.03 bits per heavy atom. The Morgan fingerprint density at radius 1 is 0.629 bits per heavy atom. The van der Waals surface area contributed by atoms with E-state index in [9.17, 15) is 10.5 Å². The van der Waals surface area contributed by atoms with Crippen LogP contribution in [0.1, 0.15) is 71.5 Å². The van der Waals surface area contributed by atoms with E-state index in [0.29, 0.717) is 23.0 Å². The maximum Gasteiger partial charge on any atom is 0.119 e. The number of hydrogen-bond acceptors (Lipinski definition) is 5. The van der Waals surface area contributed by atoms with E-state index in [1.54, 1.807) is 0 Å². The van der Waals surface area contributed by atoms with Crippen LogP contribution in [-0.4, -0.2) is 13.2 Å². The summed E-state index contributed by atoms with van der Waals surface area (Å²) in [5.41, 5.74) is 2.15. The number of unbranched alkanes of at least 4 members (excludes halogenated alkanes) is 2. The van der Waals surface area contributed by atoms with Crippen molar-refractivity contribution < 1.29 is 9.47 Å². The summed E-state index contributed by atoms with van der Waals surface area (Å²) in [5, 5.41) is 19.3. The highest BCUT2D eigenvalue weighted by molar-refractivity contribution is 7.13. The fourth-order valence-electron chi connectivity index (χ4n) is 3.02. The zero-order chi connectivity index (χ0) is 24.9. The third-order valence-electron chi connectivity index (χ3n) is 5.01. The molecule has 0 unspecified atom stereocenters. The molecule has 4 nitrogen and oxygen atoms in total. The van der Waals surface area contributed by atoms with E-state index in [0.717, 1.165) is 48.3 Å². The molecule has 1 aromatic heterocycles. The molecule has 1 heterocycles. The lowest BCUT2D eigenvalue weighted by atomic mass is 10.1. The molecule has 3 rings (SSSR count). The monoisotopic (exact) mass is 478 g/mol. The molecule has 0 saturated carbocycles. The van der Waals surface area contributed by atoms with Gasteiger partial charge in [0, 0.05) is 11.1 Å². The summed E-state index contributed by atoms with van der Waals surface area (Å²) in [4.78, 5) is 1.08. The minimum Gasteiger partial charge on any atom is -0.494 e. The first-order valence-electron chi connectivity index (χ1n) is 11.6. The molecule has 5 heteroatoms. The molecular formula is C30H26N2O2S. The molecule has 2 aromatic carbocycles. The van der Waals surface area contributed by atoms with Crippen molar-refractivity contribution in [3.8, 4) is 47.3 Å². The SMILES string of the molecule is CCCCOc1ccc(C#Cc2sc(C#Cc3ccc(OCCCC)cc3)c(C#N)c2C#N)cc1. The standard InChI is InChI=1S/C30H26N2O2S/c1-3-5-19-33-25-13-7-23(8-14-25)11-17-29-27(21-31)28(22-32)30(35-29)18-12-24-9-15-26(16-10-24)34-20-6-4-2/h7-10,13-16H,3-6,19-20H2,1-2H3. The van der Waals surface area contributed by atoms with Gasteiger partial charge >= 0.3 is 0 Å². The summed E-state index contributed by atoms with van der Waals surface area (Å²) in [7, 11) is 0. The van der Waals surface area contributed by atoms with Gasteiger partial charge in [0.05, 0.1) is 34.1 Å². The van der Waals surface area contributed by atoms with Gasteiger partial charge in [0.15, 0.2) is 0 Å². The van der Waals surface area contributed by atoms with Gasteiger partial charge in [0.2, 0.25) is 0 Å². The molecule has 0 aliphatic rings. The number of rotatable bonds is 8. The lowest BCUT2D eigenvalue weighted by molar-refractivity contribution is 0.309. The minimum absolute atomic E-state index is 0.272.